The van der Waals surface area contributed by atoms with Crippen molar-refractivity contribution in [3.63, 3.8) is 0 Å². The fourth-order valence-corrected chi connectivity index (χ4v) is 3.39. The summed E-state index contributed by atoms with van der Waals surface area (Å²) in [6, 6.07) is 6.82. The van der Waals surface area contributed by atoms with Crippen LogP contribution >= 0.6 is 11.6 Å². The minimum absolute atomic E-state index is 0.149. The van der Waals surface area contributed by atoms with Gasteiger partial charge in [-0.1, -0.05) is 11.6 Å². The number of benzene rings is 2. The molecule has 0 saturated heterocycles. The lowest BCUT2D eigenvalue weighted by atomic mass is 10.2. The monoisotopic (exact) mass is 413 g/mol. The van der Waals surface area contributed by atoms with Crippen LogP contribution in [0.15, 0.2) is 35.2 Å². The molecular formula is C16H16ClN3O6S. The first-order chi connectivity index (χ1) is 12.8. The molecule has 1 heterocycles. The number of halogens is 1. The lowest BCUT2D eigenvalue weighted by molar-refractivity contribution is -0.384. The van der Waals surface area contributed by atoms with Crippen molar-refractivity contribution >= 4 is 33.0 Å². The maximum atomic E-state index is 11.4. The van der Waals surface area contributed by atoms with E-state index in [4.69, 9.17) is 26.2 Å². The van der Waals surface area contributed by atoms with Crippen molar-refractivity contribution in [1.82, 2.24) is 0 Å². The van der Waals surface area contributed by atoms with Crippen LogP contribution in [-0.4, -0.2) is 26.6 Å². The largest absolute Gasteiger partial charge is 0.489 e. The van der Waals surface area contributed by atoms with Gasteiger partial charge in [-0.2, -0.15) is 0 Å². The van der Waals surface area contributed by atoms with Crippen molar-refractivity contribution < 1.29 is 22.8 Å². The molecule has 0 fully saturated rings. The highest BCUT2D eigenvalue weighted by molar-refractivity contribution is 7.89. The van der Waals surface area contributed by atoms with Crippen LogP contribution in [0.5, 0.6) is 11.5 Å². The number of nitro groups is 1. The van der Waals surface area contributed by atoms with Crippen molar-refractivity contribution in [3.05, 3.63) is 51.0 Å². The highest BCUT2D eigenvalue weighted by Crippen LogP contribution is 2.38. The highest BCUT2D eigenvalue weighted by Gasteiger charge is 2.20. The van der Waals surface area contributed by atoms with E-state index < -0.39 is 20.6 Å². The number of nitrogens with one attached hydrogen (secondary N) is 1. The fraction of sp³-hybridized carbons (Fsp3) is 0.250. The Morgan fingerprint density at radius 3 is 2.67 bits per heavy atom. The van der Waals surface area contributed by atoms with Gasteiger partial charge in [0, 0.05) is 19.0 Å². The molecule has 27 heavy (non-hydrogen) atoms. The van der Waals surface area contributed by atoms with E-state index in [9.17, 15) is 18.5 Å². The van der Waals surface area contributed by atoms with E-state index in [1.165, 1.54) is 12.1 Å². The quantitative estimate of drug-likeness (QED) is 0.568. The molecule has 144 valence electrons. The van der Waals surface area contributed by atoms with Crippen molar-refractivity contribution in [3.8, 4) is 11.5 Å². The number of fused-ring (bicyclic) bond motifs is 1. The predicted octanol–water partition coefficient (Wildman–Crippen LogP) is 2.67. The molecule has 0 aliphatic carbocycles. The van der Waals surface area contributed by atoms with Gasteiger partial charge in [0.25, 0.3) is 5.69 Å². The zero-order chi connectivity index (χ0) is 19.6. The van der Waals surface area contributed by atoms with Gasteiger partial charge in [0.05, 0.1) is 28.1 Å². The van der Waals surface area contributed by atoms with E-state index >= 15 is 0 Å². The summed E-state index contributed by atoms with van der Waals surface area (Å²) < 4.78 is 34.0. The van der Waals surface area contributed by atoms with E-state index in [2.05, 4.69) is 5.32 Å². The number of hydrogen-bond donors (Lipinski definition) is 2. The van der Waals surface area contributed by atoms with Crippen LogP contribution in [0.1, 0.15) is 12.0 Å². The number of sulfonamides is 1. The highest BCUT2D eigenvalue weighted by atomic mass is 35.5. The lowest BCUT2D eigenvalue weighted by Crippen LogP contribution is -2.13. The summed E-state index contributed by atoms with van der Waals surface area (Å²) in [5.74, 6) is 0.984. The molecule has 0 aromatic heterocycles. The lowest BCUT2D eigenvalue weighted by Gasteiger charge is -2.13. The standard InChI is InChI=1S/C16H16ClN3O6S/c17-12-6-10(7-15-16(12)26-5-1-4-25-15)9-19-13-3-2-11(27(18,23)24)8-14(13)20(21)22/h2-3,6-8,19H,1,4-5,9H2,(H2,18,23,24). The van der Waals surface area contributed by atoms with Crippen molar-refractivity contribution in [1.29, 1.82) is 0 Å². The third-order valence-corrected chi connectivity index (χ3v) is 5.03. The molecule has 1 aliphatic heterocycles. The van der Waals surface area contributed by atoms with Gasteiger partial charge in [-0.25, -0.2) is 13.6 Å². The number of rotatable bonds is 5. The van der Waals surface area contributed by atoms with Crippen molar-refractivity contribution in [2.45, 2.75) is 17.9 Å². The first-order valence-corrected chi connectivity index (χ1v) is 9.81. The molecule has 0 spiro atoms. The molecular weight excluding hydrogens is 398 g/mol. The Bertz CT molecular complexity index is 996. The van der Waals surface area contributed by atoms with Crippen LogP contribution in [-0.2, 0) is 16.6 Å². The Hall–Kier alpha value is -2.56. The number of nitrogens with zero attached hydrogens (tertiary/aromatic N) is 1. The van der Waals surface area contributed by atoms with Crippen molar-refractivity contribution in [2.24, 2.45) is 5.14 Å². The first-order valence-electron chi connectivity index (χ1n) is 7.89. The Morgan fingerprint density at radius 1 is 1.22 bits per heavy atom. The topological polar surface area (TPSA) is 134 Å². The second-order valence-corrected chi connectivity index (χ2v) is 7.76. The molecule has 0 bridgehead atoms. The molecule has 0 amide bonds. The Balaban J connectivity index is 1.86. The SMILES string of the molecule is NS(=O)(=O)c1ccc(NCc2cc(Cl)c3c(c2)OCCCO3)c([N+](=O)[O-])c1. The van der Waals surface area contributed by atoms with Gasteiger partial charge in [-0.15, -0.1) is 0 Å². The van der Waals surface area contributed by atoms with Gasteiger partial charge in [-0.3, -0.25) is 10.1 Å². The number of nitrogens with two attached hydrogens (primary N) is 1. The third kappa shape index (κ3) is 4.41. The number of hydrogen-bond acceptors (Lipinski definition) is 7. The summed E-state index contributed by atoms with van der Waals surface area (Å²) in [6.45, 7) is 1.21. The minimum Gasteiger partial charge on any atom is -0.489 e. The zero-order valence-electron chi connectivity index (χ0n) is 14.0. The number of ether oxygens (including phenoxy) is 2. The molecule has 1 aliphatic rings. The van der Waals surface area contributed by atoms with E-state index in [0.29, 0.717) is 35.3 Å². The summed E-state index contributed by atoms with van der Waals surface area (Å²) in [5.41, 5.74) is 0.465. The predicted molar refractivity (Wildman–Crippen MR) is 98.9 cm³/mol. The molecule has 11 heteroatoms. The minimum atomic E-state index is -4.04. The molecule has 3 rings (SSSR count). The molecule has 0 saturated carbocycles. The molecule has 0 radical (unpaired) electrons. The second-order valence-electron chi connectivity index (χ2n) is 5.79. The maximum Gasteiger partial charge on any atom is 0.293 e. The summed E-state index contributed by atoms with van der Waals surface area (Å²) in [6.07, 6.45) is 0.737. The summed E-state index contributed by atoms with van der Waals surface area (Å²) in [5, 5.41) is 19.6. The van der Waals surface area contributed by atoms with E-state index in [-0.39, 0.29) is 17.1 Å². The van der Waals surface area contributed by atoms with Gasteiger partial charge in [0.15, 0.2) is 11.5 Å². The third-order valence-electron chi connectivity index (χ3n) is 3.84. The Kier molecular flexibility index (Phi) is 5.40. The van der Waals surface area contributed by atoms with Crippen LogP contribution in [0.4, 0.5) is 11.4 Å². The number of primary sulfonamides is 1. The van der Waals surface area contributed by atoms with Gasteiger partial charge < -0.3 is 14.8 Å². The summed E-state index contributed by atoms with van der Waals surface area (Å²) >= 11 is 6.23. The average Bonchev–Trinajstić information content (AvgIpc) is 2.84. The average molecular weight is 414 g/mol. The fourth-order valence-electron chi connectivity index (χ4n) is 2.57. The van der Waals surface area contributed by atoms with Crippen LogP contribution < -0.4 is 19.9 Å². The second kappa shape index (κ2) is 7.59. The van der Waals surface area contributed by atoms with Crippen molar-refractivity contribution in [2.75, 3.05) is 18.5 Å². The number of anilines is 1. The maximum absolute atomic E-state index is 11.4. The van der Waals surface area contributed by atoms with E-state index in [0.717, 1.165) is 12.5 Å². The van der Waals surface area contributed by atoms with Crippen LogP contribution in [0.2, 0.25) is 5.02 Å². The first kappa shape index (κ1) is 19.2. The molecule has 9 nitrogen and oxygen atoms in total. The zero-order valence-corrected chi connectivity index (χ0v) is 15.5. The molecule has 3 N–H and O–H groups in total. The van der Waals surface area contributed by atoms with Crippen LogP contribution in [0.25, 0.3) is 0 Å². The molecule has 2 aromatic carbocycles. The van der Waals surface area contributed by atoms with Gasteiger partial charge >= 0.3 is 0 Å². The van der Waals surface area contributed by atoms with Crippen LogP contribution in [0, 0.1) is 10.1 Å². The van der Waals surface area contributed by atoms with Gasteiger partial charge in [-0.05, 0) is 29.8 Å². The molecule has 0 atom stereocenters. The Labute approximate surface area is 160 Å². The normalized spacial score (nSPS) is 13.7. The Morgan fingerprint density at radius 2 is 1.96 bits per heavy atom. The summed E-state index contributed by atoms with van der Waals surface area (Å²) in [4.78, 5) is 10.3. The smallest absolute Gasteiger partial charge is 0.293 e. The summed E-state index contributed by atoms with van der Waals surface area (Å²) in [7, 11) is -4.04. The molecule has 2 aromatic rings. The van der Waals surface area contributed by atoms with Gasteiger partial charge in [0.1, 0.15) is 5.69 Å². The van der Waals surface area contributed by atoms with Gasteiger partial charge in [0.2, 0.25) is 10.0 Å². The number of nitro benzene ring substituents is 1. The van der Waals surface area contributed by atoms with E-state index in [1.54, 1.807) is 12.1 Å². The van der Waals surface area contributed by atoms with Crippen LogP contribution in [0.3, 0.4) is 0 Å². The van der Waals surface area contributed by atoms with E-state index in [1.807, 2.05) is 0 Å². The molecule has 0 unspecified atom stereocenters.